The van der Waals surface area contributed by atoms with E-state index in [1.54, 1.807) is 0 Å². The van der Waals surface area contributed by atoms with Crippen LogP contribution in [-0.4, -0.2) is 19.0 Å². The second kappa shape index (κ2) is 6.19. The van der Waals surface area contributed by atoms with Crippen LogP contribution in [0.25, 0.3) is 0 Å². The summed E-state index contributed by atoms with van der Waals surface area (Å²) < 4.78 is 26.4. The average molecular weight is 288 g/mol. The van der Waals surface area contributed by atoms with Gasteiger partial charge in [-0.2, -0.15) is 0 Å². The van der Waals surface area contributed by atoms with E-state index in [9.17, 15) is 8.78 Å². The van der Waals surface area contributed by atoms with Crippen molar-refractivity contribution in [2.24, 2.45) is 5.92 Å². The fourth-order valence-corrected chi connectivity index (χ4v) is 2.97. The number of halogens is 3. The molecule has 1 aliphatic rings. The van der Waals surface area contributed by atoms with Gasteiger partial charge in [0.25, 0.3) is 0 Å². The molecule has 0 amide bonds. The van der Waals surface area contributed by atoms with Crippen LogP contribution in [-0.2, 0) is 6.42 Å². The molecule has 0 radical (unpaired) electrons. The molecule has 1 saturated carbocycles. The van der Waals surface area contributed by atoms with Crippen molar-refractivity contribution in [2.45, 2.75) is 44.1 Å². The van der Waals surface area contributed by atoms with Crippen LogP contribution < -0.4 is 5.32 Å². The minimum Gasteiger partial charge on any atom is -0.316 e. The van der Waals surface area contributed by atoms with E-state index in [-0.39, 0.29) is 18.9 Å². The first-order valence-corrected chi connectivity index (χ1v) is 7.17. The molecule has 1 N–H and O–H groups in total. The molecule has 1 aliphatic carbocycles. The molecular formula is C15H20ClF2N. The molecule has 1 fully saturated rings. The average Bonchev–Trinajstić information content (AvgIpc) is 2.39. The Morgan fingerprint density at radius 1 is 1.26 bits per heavy atom. The quantitative estimate of drug-likeness (QED) is 0.871. The predicted molar refractivity (Wildman–Crippen MR) is 74.9 cm³/mol. The monoisotopic (exact) mass is 287 g/mol. The first-order valence-electron chi connectivity index (χ1n) is 6.80. The van der Waals surface area contributed by atoms with Crippen molar-refractivity contribution in [3.8, 4) is 0 Å². The Morgan fingerprint density at radius 3 is 2.37 bits per heavy atom. The van der Waals surface area contributed by atoms with E-state index in [0.29, 0.717) is 18.8 Å². The van der Waals surface area contributed by atoms with Crippen LogP contribution in [0, 0.1) is 5.92 Å². The van der Waals surface area contributed by atoms with Gasteiger partial charge in [-0.05, 0) is 49.9 Å². The first-order chi connectivity index (χ1) is 9.00. The van der Waals surface area contributed by atoms with E-state index >= 15 is 0 Å². The summed E-state index contributed by atoms with van der Waals surface area (Å²) in [5, 5.41) is 4.01. The van der Waals surface area contributed by atoms with Gasteiger partial charge in [-0.15, -0.1) is 0 Å². The van der Waals surface area contributed by atoms with Gasteiger partial charge in [0, 0.05) is 23.9 Å². The van der Waals surface area contributed by atoms with E-state index in [0.717, 1.165) is 11.4 Å². The number of nitrogens with one attached hydrogen (secondary N) is 1. The minimum absolute atomic E-state index is 0.0243. The van der Waals surface area contributed by atoms with Crippen LogP contribution in [0.2, 0.25) is 5.02 Å². The maximum absolute atomic E-state index is 13.2. The van der Waals surface area contributed by atoms with Crippen molar-refractivity contribution in [2.75, 3.05) is 7.05 Å². The van der Waals surface area contributed by atoms with Gasteiger partial charge in [0.1, 0.15) is 0 Å². The van der Waals surface area contributed by atoms with Crippen molar-refractivity contribution in [3.63, 3.8) is 0 Å². The third-order valence-electron chi connectivity index (χ3n) is 4.07. The van der Waals surface area contributed by atoms with E-state index in [2.05, 4.69) is 5.32 Å². The number of alkyl halides is 2. The number of benzene rings is 1. The van der Waals surface area contributed by atoms with Gasteiger partial charge in [0.05, 0.1) is 0 Å². The van der Waals surface area contributed by atoms with Crippen LogP contribution in [0.4, 0.5) is 8.78 Å². The molecule has 0 spiro atoms. The predicted octanol–water partition coefficient (Wildman–Crippen LogP) is 4.30. The van der Waals surface area contributed by atoms with Gasteiger partial charge in [0.15, 0.2) is 0 Å². The van der Waals surface area contributed by atoms with Crippen molar-refractivity contribution < 1.29 is 8.78 Å². The molecule has 0 bridgehead atoms. The fourth-order valence-electron chi connectivity index (χ4n) is 2.84. The van der Waals surface area contributed by atoms with Crippen molar-refractivity contribution >= 4 is 11.6 Å². The molecule has 1 aromatic carbocycles. The highest BCUT2D eigenvalue weighted by Crippen LogP contribution is 2.37. The maximum Gasteiger partial charge on any atom is 0.248 e. The minimum atomic E-state index is -2.45. The Labute approximate surface area is 118 Å². The largest absolute Gasteiger partial charge is 0.316 e. The summed E-state index contributed by atoms with van der Waals surface area (Å²) in [5.41, 5.74) is 1.20. The zero-order valence-electron chi connectivity index (χ0n) is 11.1. The summed E-state index contributed by atoms with van der Waals surface area (Å²) in [7, 11) is 1.91. The van der Waals surface area contributed by atoms with Gasteiger partial charge in [-0.25, -0.2) is 8.78 Å². The standard InChI is InChI=1S/C15H20ClF2N/c1-19-14(10-11-2-4-13(16)5-3-11)12-6-8-15(17,18)9-7-12/h2-5,12,14,19H,6-10H2,1H3. The van der Waals surface area contributed by atoms with Crippen LogP contribution in [0.15, 0.2) is 24.3 Å². The molecule has 0 aromatic heterocycles. The lowest BCUT2D eigenvalue weighted by atomic mass is 9.80. The van der Waals surface area contributed by atoms with Crippen LogP contribution >= 0.6 is 11.6 Å². The SMILES string of the molecule is CNC(Cc1ccc(Cl)cc1)C1CCC(F)(F)CC1. The van der Waals surface area contributed by atoms with Crippen LogP contribution in [0.1, 0.15) is 31.2 Å². The van der Waals surface area contributed by atoms with Crippen molar-refractivity contribution in [3.05, 3.63) is 34.9 Å². The second-order valence-electron chi connectivity index (χ2n) is 5.42. The normalized spacial score (nSPS) is 21.3. The highest BCUT2D eigenvalue weighted by molar-refractivity contribution is 6.30. The topological polar surface area (TPSA) is 12.0 Å². The Balaban J connectivity index is 1.95. The molecule has 0 heterocycles. The third kappa shape index (κ3) is 4.15. The summed E-state index contributed by atoms with van der Waals surface area (Å²) in [5.74, 6) is -2.12. The van der Waals surface area contributed by atoms with E-state index in [4.69, 9.17) is 11.6 Å². The Bertz CT molecular complexity index is 395. The molecule has 0 aliphatic heterocycles. The van der Waals surface area contributed by atoms with Gasteiger partial charge >= 0.3 is 0 Å². The van der Waals surface area contributed by atoms with Gasteiger partial charge in [-0.3, -0.25) is 0 Å². The summed E-state index contributed by atoms with van der Waals surface area (Å²) >= 11 is 5.86. The number of hydrogen-bond acceptors (Lipinski definition) is 1. The number of hydrogen-bond donors (Lipinski definition) is 1. The lowest BCUT2D eigenvalue weighted by molar-refractivity contribution is -0.0492. The third-order valence-corrected chi connectivity index (χ3v) is 4.32. The maximum atomic E-state index is 13.2. The molecule has 4 heteroatoms. The lowest BCUT2D eigenvalue weighted by Gasteiger charge is -2.33. The van der Waals surface area contributed by atoms with E-state index in [1.807, 2.05) is 31.3 Å². The number of likely N-dealkylation sites (N-methyl/N-ethyl adjacent to an activating group) is 1. The van der Waals surface area contributed by atoms with Gasteiger partial charge < -0.3 is 5.32 Å². The number of rotatable bonds is 4. The molecule has 1 aromatic rings. The zero-order valence-corrected chi connectivity index (χ0v) is 11.9. The smallest absolute Gasteiger partial charge is 0.248 e. The highest BCUT2D eigenvalue weighted by Gasteiger charge is 2.37. The van der Waals surface area contributed by atoms with Crippen molar-refractivity contribution in [1.29, 1.82) is 0 Å². The zero-order chi connectivity index (χ0) is 13.9. The highest BCUT2D eigenvalue weighted by atomic mass is 35.5. The van der Waals surface area contributed by atoms with E-state index in [1.165, 1.54) is 5.56 Å². The molecule has 19 heavy (non-hydrogen) atoms. The molecule has 1 atom stereocenters. The fraction of sp³-hybridized carbons (Fsp3) is 0.600. The van der Waals surface area contributed by atoms with Gasteiger partial charge in [0.2, 0.25) is 5.92 Å². The molecular weight excluding hydrogens is 268 g/mol. The molecule has 0 saturated heterocycles. The molecule has 1 unspecified atom stereocenters. The van der Waals surface area contributed by atoms with Crippen LogP contribution in [0.5, 0.6) is 0 Å². The van der Waals surface area contributed by atoms with Gasteiger partial charge in [-0.1, -0.05) is 23.7 Å². The molecule has 1 nitrogen and oxygen atoms in total. The second-order valence-corrected chi connectivity index (χ2v) is 5.86. The first kappa shape index (κ1) is 14.7. The lowest BCUT2D eigenvalue weighted by Crippen LogP contribution is -2.39. The summed E-state index contributed by atoms with van der Waals surface area (Å²) in [6.07, 6.45) is 2.12. The van der Waals surface area contributed by atoms with E-state index < -0.39 is 5.92 Å². The Morgan fingerprint density at radius 2 is 1.84 bits per heavy atom. The summed E-state index contributed by atoms with van der Waals surface area (Å²) in [6, 6.07) is 8.02. The molecule has 106 valence electrons. The Kier molecular flexibility index (Phi) is 4.80. The summed E-state index contributed by atoms with van der Waals surface area (Å²) in [6.45, 7) is 0. The van der Waals surface area contributed by atoms with Crippen LogP contribution in [0.3, 0.4) is 0 Å². The molecule has 2 rings (SSSR count). The summed E-state index contributed by atoms with van der Waals surface area (Å²) in [4.78, 5) is 0. The Hall–Kier alpha value is -0.670. The van der Waals surface area contributed by atoms with Crippen molar-refractivity contribution in [1.82, 2.24) is 5.32 Å².